The van der Waals surface area contributed by atoms with Crippen LogP contribution in [0.3, 0.4) is 0 Å². The third-order valence-corrected chi connectivity index (χ3v) is 8.58. The molecule has 1 amide bonds. The first-order chi connectivity index (χ1) is 16.4. The molecule has 2 aliphatic rings. The van der Waals surface area contributed by atoms with E-state index in [-0.39, 0.29) is 11.7 Å². The van der Waals surface area contributed by atoms with Crippen LogP contribution in [0.25, 0.3) is 0 Å². The van der Waals surface area contributed by atoms with E-state index in [2.05, 4.69) is 21.9 Å². The molecule has 2 aromatic rings. The largest absolute Gasteiger partial charge is 0.497 e. The van der Waals surface area contributed by atoms with E-state index < -0.39 is 10.0 Å². The third-order valence-electron chi connectivity index (χ3n) is 6.70. The van der Waals surface area contributed by atoms with E-state index >= 15 is 0 Å². The van der Waals surface area contributed by atoms with Crippen LogP contribution >= 0.6 is 0 Å². The number of nitrogens with zero attached hydrogens (tertiary/aromatic N) is 4. The minimum Gasteiger partial charge on any atom is -0.497 e. The molecule has 2 heterocycles. The maximum atomic E-state index is 13.0. The van der Waals surface area contributed by atoms with Gasteiger partial charge in [-0.2, -0.15) is 4.31 Å². The SMILES string of the molecule is CCS(=O)(=O)N1CCN(Cc2ccc(C(=O)N3CCN(c4ccc(OC)cc4)CC3)cc2)CC1. The van der Waals surface area contributed by atoms with Gasteiger partial charge >= 0.3 is 0 Å². The molecule has 2 fully saturated rings. The number of carbonyl (C=O) groups is 1. The highest BCUT2D eigenvalue weighted by atomic mass is 32.2. The summed E-state index contributed by atoms with van der Waals surface area (Å²) < 4.78 is 30.9. The van der Waals surface area contributed by atoms with Crippen molar-refractivity contribution in [2.45, 2.75) is 13.5 Å². The van der Waals surface area contributed by atoms with Gasteiger partial charge in [0.15, 0.2) is 0 Å². The van der Waals surface area contributed by atoms with Gasteiger partial charge in [-0.3, -0.25) is 9.69 Å². The van der Waals surface area contributed by atoms with Crippen molar-refractivity contribution in [3.05, 3.63) is 59.7 Å². The average Bonchev–Trinajstić information content (AvgIpc) is 2.89. The number of methoxy groups -OCH3 is 1. The van der Waals surface area contributed by atoms with Crippen LogP contribution in [-0.2, 0) is 16.6 Å². The van der Waals surface area contributed by atoms with Crippen molar-refractivity contribution < 1.29 is 17.9 Å². The van der Waals surface area contributed by atoms with Gasteiger partial charge in [-0.15, -0.1) is 0 Å². The Hall–Kier alpha value is -2.62. The van der Waals surface area contributed by atoms with Crippen LogP contribution in [0.4, 0.5) is 5.69 Å². The highest BCUT2D eigenvalue weighted by molar-refractivity contribution is 7.89. The van der Waals surface area contributed by atoms with Crippen molar-refractivity contribution in [2.75, 3.05) is 70.1 Å². The van der Waals surface area contributed by atoms with E-state index in [0.717, 1.165) is 49.7 Å². The summed E-state index contributed by atoms with van der Waals surface area (Å²) in [5.74, 6) is 1.06. The number of benzene rings is 2. The van der Waals surface area contributed by atoms with Crippen LogP contribution in [-0.4, -0.2) is 93.7 Å². The van der Waals surface area contributed by atoms with Gasteiger partial charge in [-0.25, -0.2) is 8.42 Å². The molecule has 0 aromatic heterocycles. The molecule has 2 aliphatic heterocycles. The lowest BCUT2D eigenvalue weighted by molar-refractivity contribution is 0.0746. The number of anilines is 1. The predicted octanol–water partition coefficient (Wildman–Crippen LogP) is 2.12. The summed E-state index contributed by atoms with van der Waals surface area (Å²) in [6, 6.07) is 15.9. The minimum atomic E-state index is -3.11. The number of hydrogen-bond donors (Lipinski definition) is 0. The summed E-state index contributed by atoms with van der Waals surface area (Å²) in [5.41, 5.74) is 2.98. The first kappa shape index (κ1) is 24.5. The second kappa shape index (κ2) is 10.8. The monoisotopic (exact) mass is 486 g/mol. The van der Waals surface area contributed by atoms with Crippen molar-refractivity contribution in [3.8, 4) is 5.75 Å². The molecule has 0 N–H and O–H groups in total. The zero-order chi connectivity index (χ0) is 24.1. The molecule has 0 saturated carbocycles. The normalized spacial score (nSPS) is 18.2. The second-order valence-corrected chi connectivity index (χ2v) is 11.0. The van der Waals surface area contributed by atoms with Gasteiger partial charge in [-0.05, 0) is 48.9 Å². The predicted molar refractivity (Wildman–Crippen MR) is 134 cm³/mol. The molecule has 8 nitrogen and oxygen atoms in total. The molecule has 0 aliphatic carbocycles. The third kappa shape index (κ3) is 5.71. The van der Waals surface area contributed by atoms with Crippen molar-refractivity contribution in [2.24, 2.45) is 0 Å². The summed E-state index contributed by atoms with van der Waals surface area (Å²) >= 11 is 0. The first-order valence-corrected chi connectivity index (χ1v) is 13.5. The molecule has 0 bridgehead atoms. The van der Waals surface area contributed by atoms with Gasteiger partial charge in [0.25, 0.3) is 5.91 Å². The van der Waals surface area contributed by atoms with Crippen LogP contribution in [0, 0.1) is 0 Å². The Kier molecular flexibility index (Phi) is 7.75. The lowest BCUT2D eigenvalue weighted by Gasteiger charge is -2.36. The van der Waals surface area contributed by atoms with Crippen molar-refractivity contribution >= 4 is 21.6 Å². The molecule has 0 atom stereocenters. The summed E-state index contributed by atoms with van der Waals surface area (Å²) in [6.07, 6.45) is 0. The number of hydrogen-bond acceptors (Lipinski definition) is 6. The van der Waals surface area contributed by atoms with Gasteiger partial charge in [0.1, 0.15) is 5.75 Å². The molecule has 4 rings (SSSR count). The van der Waals surface area contributed by atoms with E-state index in [0.29, 0.717) is 31.7 Å². The van der Waals surface area contributed by atoms with Gasteiger partial charge in [-0.1, -0.05) is 12.1 Å². The average molecular weight is 487 g/mol. The molecular weight excluding hydrogens is 452 g/mol. The maximum Gasteiger partial charge on any atom is 0.253 e. The fraction of sp³-hybridized carbons (Fsp3) is 0.480. The zero-order valence-electron chi connectivity index (χ0n) is 20.0. The van der Waals surface area contributed by atoms with E-state index in [9.17, 15) is 13.2 Å². The molecule has 2 saturated heterocycles. The first-order valence-electron chi connectivity index (χ1n) is 11.9. The topological polar surface area (TPSA) is 73.4 Å². The minimum absolute atomic E-state index is 0.0688. The van der Waals surface area contributed by atoms with Crippen LogP contribution in [0.5, 0.6) is 5.75 Å². The van der Waals surface area contributed by atoms with Crippen LogP contribution in [0.15, 0.2) is 48.5 Å². The summed E-state index contributed by atoms with van der Waals surface area (Å²) in [4.78, 5) is 19.5. The number of amides is 1. The lowest BCUT2D eigenvalue weighted by atomic mass is 10.1. The zero-order valence-corrected chi connectivity index (χ0v) is 20.8. The van der Waals surface area contributed by atoms with Crippen LogP contribution in [0.2, 0.25) is 0 Å². The molecule has 184 valence electrons. The standard InChI is InChI=1S/C25H34N4O4S/c1-3-34(31,32)29-18-12-26(13-19-29)20-21-4-6-22(7-5-21)25(30)28-16-14-27(15-17-28)23-8-10-24(33-2)11-9-23/h4-11H,3,12-20H2,1-2H3. The Labute approximate surface area is 202 Å². The number of carbonyl (C=O) groups excluding carboxylic acids is 1. The van der Waals surface area contributed by atoms with Gasteiger partial charge in [0.2, 0.25) is 10.0 Å². The molecule has 0 unspecified atom stereocenters. The smallest absolute Gasteiger partial charge is 0.253 e. The maximum absolute atomic E-state index is 13.0. The Balaban J connectivity index is 1.26. The van der Waals surface area contributed by atoms with E-state index in [4.69, 9.17) is 4.74 Å². The Bertz CT molecular complexity index is 1060. The Morgan fingerprint density at radius 3 is 2.03 bits per heavy atom. The summed E-state index contributed by atoms with van der Waals surface area (Å²) in [6.45, 7) is 7.95. The number of ether oxygens (including phenoxy) is 1. The number of rotatable bonds is 7. The van der Waals surface area contributed by atoms with Crippen molar-refractivity contribution in [1.82, 2.24) is 14.1 Å². The van der Waals surface area contributed by atoms with Gasteiger partial charge in [0, 0.05) is 70.2 Å². The van der Waals surface area contributed by atoms with Gasteiger partial charge < -0.3 is 14.5 Å². The highest BCUT2D eigenvalue weighted by Gasteiger charge is 2.26. The van der Waals surface area contributed by atoms with E-state index in [1.54, 1.807) is 18.3 Å². The second-order valence-electron chi connectivity index (χ2n) is 8.75. The number of sulfonamides is 1. The van der Waals surface area contributed by atoms with Gasteiger partial charge in [0.05, 0.1) is 12.9 Å². The van der Waals surface area contributed by atoms with Crippen molar-refractivity contribution in [1.29, 1.82) is 0 Å². The van der Waals surface area contributed by atoms with Crippen LogP contribution in [0.1, 0.15) is 22.8 Å². The Morgan fingerprint density at radius 1 is 0.853 bits per heavy atom. The van der Waals surface area contributed by atoms with Crippen molar-refractivity contribution in [3.63, 3.8) is 0 Å². The van der Waals surface area contributed by atoms with E-state index in [1.165, 1.54) is 0 Å². The molecule has 0 spiro atoms. The molecule has 0 radical (unpaired) electrons. The quantitative estimate of drug-likeness (QED) is 0.597. The summed E-state index contributed by atoms with van der Waals surface area (Å²) in [5, 5.41) is 0. The molecular formula is C25H34N4O4S. The van der Waals surface area contributed by atoms with Crippen LogP contribution < -0.4 is 9.64 Å². The number of piperazine rings is 2. The molecule has 2 aromatic carbocycles. The molecule has 9 heteroatoms. The fourth-order valence-electron chi connectivity index (χ4n) is 4.50. The Morgan fingerprint density at radius 2 is 1.47 bits per heavy atom. The lowest BCUT2D eigenvalue weighted by Crippen LogP contribution is -2.49. The summed E-state index contributed by atoms with van der Waals surface area (Å²) in [7, 11) is -1.45. The van der Waals surface area contributed by atoms with E-state index in [1.807, 2.05) is 41.3 Å². The highest BCUT2D eigenvalue weighted by Crippen LogP contribution is 2.21. The fourth-order valence-corrected chi connectivity index (χ4v) is 5.59. The molecule has 34 heavy (non-hydrogen) atoms.